The Morgan fingerprint density at radius 2 is 1.67 bits per heavy atom. The van der Waals surface area contributed by atoms with E-state index in [0.29, 0.717) is 4.68 Å². The lowest BCUT2D eigenvalue weighted by atomic mass is 10.2. The topological polar surface area (TPSA) is 88.7 Å². The Balaban J connectivity index is 1.74. The molecule has 0 radical (unpaired) electrons. The summed E-state index contributed by atoms with van der Waals surface area (Å²) in [5, 5.41) is 17.3. The first-order chi connectivity index (χ1) is 16.9. The van der Waals surface area contributed by atoms with Crippen molar-refractivity contribution in [1.82, 2.24) is 9.78 Å². The van der Waals surface area contributed by atoms with Crippen LogP contribution in [0.2, 0.25) is 5.04 Å². The molecule has 0 spiro atoms. The fourth-order valence-electron chi connectivity index (χ4n) is 4.35. The van der Waals surface area contributed by atoms with E-state index < -0.39 is 38.1 Å². The highest BCUT2D eigenvalue weighted by atomic mass is 28.4. The van der Waals surface area contributed by atoms with E-state index in [9.17, 15) is 10.1 Å². The van der Waals surface area contributed by atoms with Crippen molar-refractivity contribution < 1.29 is 22.9 Å². The van der Waals surface area contributed by atoms with Gasteiger partial charge in [0.15, 0.2) is 6.10 Å². The molecule has 174 valence electrons. The van der Waals surface area contributed by atoms with Crippen molar-refractivity contribution in [3.63, 3.8) is 0 Å². The van der Waals surface area contributed by atoms with E-state index in [4.69, 9.17) is 18.0 Å². The average molecular weight is 471 g/mol. The van der Waals surface area contributed by atoms with Gasteiger partial charge in [-0.25, -0.2) is 0 Å². The maximum absolute atomic E-state index is 11.6. The van der Waals surface area contributed by atoms with E-state index in [1.54, 1.807) is 0 Å². The molecule has 0 bridgehead atoms. The zero-order valence-electron chi connectivity index (χ0n) is 21.8. The number of rotatable bonds is 7. The van der Waals surface area contributed by atoms with Crippen LogP contribution in [0.5, 0.6) is 5.88 Å². The van der Waals surface area contributed by atoms with Gasteiger partial charge in [0.1, 0.15) is 12.3 Å². The summed E-state index contributed by atoms with van der Waals surface area (Å²) < 4.78 is 41.9. The molecule has 1 aliphatic heterocycles. The highest BCUT2D eigenvalue weighted by molar-refractivity contribution is 6.99. The lowest BCUT2D eigenvalue weighted by Gasteiger charge is -2.45. The van der Waals surface area contributed by atoms with E-state index in [1.807, 2.05) is 36.4 Å². The third-order valence-electron chi connectivity index (χ3n) is 5.85. The van der Waals surface area contributed by atoms with Gasteiger partial charge in [-0.15, -0.1) is 5.10 Å². The average Bonchev–Trinajstić information content (AvgIpc) is 3.45. The Hall–Kier alpha value is -3.01. The van der Waals surface area contributed by atoms with Crippen molar-refractivity contribution in [1.29, 1.82) is 0 Å². The van der Waals surface area contributed by atoms with Crippen molar-refractivity contribution in [3.05, 3.63) is 77.0 Å². The molecule has 0 N–H and O–H groups in total. The molecule has 1 aliphatic rings. The minimum atomic E-state index is -2.94. The molecule has 2 aromatic carbocycles. The second-order valence-corrected chi connectivity index (χ2v) is 13.3. The zero-order chi connectivity index (χ0) is 26.1. The van der Waals surface area contributed by atoms with Crippen LogP contribution < -0.4 is 15.1 Å². The van der Waals surface area contributed by atoms with Gasteiger partial charge in [0.2, 0.25) is 0 Å². The van der Waals surface area contributed by atoms with Crippen molar-refractivity contribution in [2.24, 2.45) is 6.98 Å². The predicted molar refractivity (Wildman–Crippen MR) is 128 cm³/mol. The molecule has 1 fully saturated rings. The maximum atomic E-state index is 11.6. The van der Waals surface area contributed by atoms with Gasteiger partial charge in [-0.2, -0.15) is 0 Å². The minimum Gasteiger partial charge on any atom is -0.463 e. The standard InChI is InChI=1S/C24H29N3O5Si/c1-24(2,3)33(18-11-7-5-8-12-18,19-13-9-6-10-14-19)32-22-17-30-16-21(22)31-23-20(27(28)29)15-26(4)25-23/h5-15,21-22H,16-17H2,1-4H3/t21-,22-/m1/s1/i4D3. The zero-order valence-corrected chi connectivity index (χ0v) is 19.8. The molecule has 1 saturated heterocycles. The summed E-state index contributed by atoms with van der Waals surface area (Å²) in [6.45, 7) is 4.11. The Bertz CT molecular complexity index is 1160. The molecule has 4 rings (SSSR count). The molecule has 9 heteroatoms. The normalized spacial score (nSPS) is 20.6. The maximum Gasteiger partial charge on any atom is 0.350 e. The molecule has 3 aromatic rings. The van der Waals surface area contributed by atoms with Crippen LogP contribution in [0.25, 0.3) is 0 Å². The second kappa shape index (κ2) is 9.09. The number of aryl methyl sites for hydroxylation is 1. The molecule has 2 heterocycles. The molecular weight excluding hydrogens is 438 g/mol. The van der Waals surface area contributed by atoms with Gasteiger partial charge in [0, 0.05) is 11.1 Å². The smallest absolute Gasteiger partial charge is 0.350 e. The molecular formula is C24H29N3O5Si. The van der Waals surface area contributed by atoms with E-state index in [0.717, 1.165) is 16.6 Å². The van der Waals surface area contributed by atoms with Gasteiger partial charge >= 0.3 is 11.6 Å². The first-order valence-corrected chi connectivity index (χ1v) is 12.6. The monoisotopic (exact) mass is 470 g/mol. The van der Waals surface area contributed by atoms with Crippen LogP contribution >= 0.6 is 0 Å². The quantitative estimate of drug-likeness (QED) is 0.300. The van der Waals surface area contributed by atoms with Crippen molar-refractivity contribution in [3.8, 4) is 5.88 Å². The fourth-order valence-corrected chi connectivity index (χ4v) is 9.04. The van der Waals surface area contributed by atoms with Crippen molar-refractivity contribution in [2.45, 2.75) is 38.0 Å². The summed E-state index contributed by atoms with van der Waals surface area (Å²) in [7, 11) is -2.94. The Morgan fingerprint density at radius 1 is 1.09 bits per heavy atom. The SMILES string of the molecule is [2H]C([2H])([2H])n1cc([N+](=O)[O-])c(O[C@@H]2COC[C@H]2O[Si](c2ccccc2)(c2ccccc2)C(C)(C)C)n1. The molecule has 0 aliphatic carbocycles. The first-order valence-electron chi connectivity index (χ1n) is 12.2. The van der Waals surface area contributed by atoms with E-state index >= 15 is 0 Å². The van der Waals surface area contributed by atoms with E-state index in [1.165, 1.54) is 0 Å². The van der Waals surface area contributed by atoms with Crippen LogP contribution in [0.3, 0.4) is 0 Å². The summed E-state index contributed by atoms with van der Waals surface area (Å²) in [6.07, 6.45) is -0.421. The number of nitrogens with zero attached hydrogens (tertiary/aromatic N) is 3. The van der Waals surface area contributed by atoms with Gasteiger partial charge < -0.3 is 13.9 Å². The number of ether oxygens (including phenoxy) is 2. The molecule has 8 nitrogen and oxygen atoms in total. The molecule has 0 unspecified atom stereocenters. The largest absolute Gasteiger partial charge is 0.463 e. The molecule has 2 atom stereocenters. The molecule has 1 aromatic heterocycles. The lowest BCUT2D eigenvalue weighted by molar-refractivity contribution is -0.386. The molecule has 33 heavy (non-hydrogen) atoms. The minimum absolute atomic E-state index is 0.126. The van der Waals surface area contributed by atoms with Crippen LogP contribution in [0, 0.1) is 10.1 Å². The van der Waals surface area contributed by atoms with E-state index in [-0.39, 0.29) is 24.1 Å². The number of aromatic nitrogens is 2. The number of nitro groups is 1. The summed E-state index contributed by atoms with van der Waals surface area (Å²) in [5.41, 5.74) is -0.526. The van der Waals surface area contributed by atoms with Crippen molar-refractivity contribution in [2.75, 3.05) is 13.2 Å². The molecule has 0 amide bonds. The fraction of sp³-hybridized carbons (Fsp3) is 0.375. The van der Waals surface area contributed by atoms with Gasteiger partial charge in [-0.05, 0) is 15.4 Å². The Kier molecular flexibility index (Phi) is 5.36. The highest BCUT2D eigenvalue weighted by Crippen LogP contribution is 2.39. The summed E-state index contributed by atoms with van der Waals surface area (Å²) >= 11 is 0. The van der Waals surface area contributed by atoms with Crippen LogP contribution in [-0.2, 0) is 16.1 Å². The summed E-state index contributed by atoms with van der Waals surface area (Å²) in [5.74, 6) is -0.373. The first kappa shape index (κ1) is 19.5. The van der Waals surface area contributed by atoms with Gasteiger partial charge in [0.25, 0.3) is 8.32 Å². The third kappa shape index (κ3) is 4.44. The number of hydrogen-bond acceptors (Lipinski definition) is 6. The second-order valence-electron chi connectivity index (χ2n) is 9.03. The van der Waals surface area contributed by atoms with Gasteiger partial charge in [-0.3, -0.25) is 14.8 Å². The summed E-state index contributed by atoms with van der Waals surface area (Å²) in [4.78, 5) is 10.9. The van der Waals surface area contributed by atoms with E-state index in [2.05, 4.69) is 50.1 Å². The third-order valence-corrected chi connectivity index (χ3v) is 10.9. The highest BCUT2D eigenvalue weighted by Gasteiger charge is 2.53. The Labute approximate surface area is 198 Å². The van der Waals surface area contributed by atoms with Crippen LogP contribution in [0.15, 0.2) is 66.9 Å². The van der Waals surface area contributed by atoms with Crippen LogP contribution in [0.1, 0.15) is 24.9 Å². The number of benzene rings is 2. The predicted octanol–water partition coefficient (Wildman–Crippen LogP) is 3.05. The molecule has 0 saturated carbocycles. The van der Waals surface area contributed by atoms with Crippen LogP contribution in [-0.4, -0.2) is 48.4 Å². The number of hydrogen-bond donors (Lipinski definition) is 0. The Morgan fingerprint density at radius 3 is 2.18 bits per heavy atom. The van der Waals surface area contributed by atoms with Crippen LogP contribution in [0.4, 0.5) is 5.69 Å². The lowest BCUT2D eigenvalue weighted by Crippen LogP contribution is -2.68. The summed E-state index contributed by atoms with van der Waals surface area (Å²) in [6, 6.07) is 20.1. The van der Waals surface area contributed by atoms with Gasteiger partial charge in [-0.1, -0.05) is 81.4 Å². The van der Waals surface area contributed by atoms with Crippen molar-refractivity contribution >= 4 is 24.4 Å². The van der Waals surface area contributed by atoms with Gasteiger partial charge in [0.05, 0.1) is 18.1 Å².